The molecule has 0 amide bonds. The van der Waals surface area contributed by atoms with E-state index >= 15 is 0 Å². The van der Waals surface area contributed by atoms with E-state index in [-0.39, 0.29) is 23.8 Å². The molecule has 6 rings (SSSR count). The molecule has 34 heavy (non-hydrogen) atoms. The van der Waals surface area contributed by atoms with Crippen molar-refractivity contribution >= 4 is 32.6 Å². The van der Waals surface area contributed by atoms with Crippen LogP contribution in [-0.2, 0) is 11.2 Å². The third kappa shape index (κ3) is 3.41. The number of nitrogens with zero attached hydrogens (tertiary/aromatic N) is 2. The lowest BCUT2D eigenvalue weighted by Gasteiger charge is -2.29. The molecule has 2 aromatic heterocycles. The summed E-state index contributed by atoms with van der Waals surface area (Å²) in [7, 11) is 0. The highest BCUT2D eigenvalue weighted by molar-refractivity contribution is 6.06. The highest BCUT2D eigenvalue weighted by atomic mass is 16.5. The third-order valence-electron chi connectivity index (χ3n) is 6.74. The first kappa shape index (κ1) is 20.8. The van der Waals surface area contributed by atoms with Gasteiger partial charge in [-0.1, -0.05) is 42.5 Å². The molecule has 0 saturated carbocycles. The second-order valence-electron chi connectivity index (χ2n) is 8.81. The van der Waals surface area contributed by atoms with E-state index in [9.17, 15) is 14.7 Å². The van der Waals surface area contributed by atoms with Gasteiger partial charge in [-0.15, -0.1) is 0 Å². The molecular weight excluding hydrogens is 430 g/mol. The van der Waals surface area contributed by atoms with E-state index in [1.54, 1.807) is 12.4 Å². The Morgan fingerprint density at radius 3 is 2.53 bits per heavy atom. The van der Waals surface area contributed by atoms with Crippen LogP contribution in [0.2, 0.25) is 0 Å². The monoisotopic (exact) mass is 453 g/mol. The minimum Gasteiger partial charge on any atom is -0.389 e. The van der Waals surface area contributed by atoms with Gasteiger partial charge in [-0.05, 0) is 41.5 Å². The number of aromatic nitrogens is 3. The molecule has 0 spiro atoms. The number of benzene rings is 3. The molecule has 1 aliphatic heterocycles. The number of nitrogens with one attached hydrogen (secondary N) is 1. The Balaban J connectivity index is 1.58. The summed E-state index contributed by atoms with van der Waals surface area (Å²) in [6.45, 7) is 0.693. The number of aliphatic hydroxyl groups is 1. The fraction of sp³-hybridized carbons (Fsp3) is 0.222. The maximum absolute atomic E-state index is 13.6. The van der Waals surface area contributed by atoms with Gasteiger partial charge in [0.15, 0.2) is 0 Å². The number of aliphatic hydroxyl groups excluding tert-OH is 1. The highest BCUT2D eigenvalue weighted by Crippen LogP contribution is 2.29. The van der Waals surface area contributed by atoms with Gasteiger partial charge in [-0.25, -0.2) is 4.98 Å². The van der Waals surface area contributed by atoms with Crippen LogP contribution in [0.5, 0.6) is 0 Å². The molecule has 170 valence electrons. The lowest BCUT2D eigenvalue weighted by atomic mass is 9.94. The van der Waals surface area contributed by atoms with Crippen LogP contribution in [0.1, 0.15) is 23.6 Å². The average molecular weight is 453 g/mol. The number of fused-ring (bicyclic) bond motifs is 4. The van der Waals surface area contributed by atoms with Crippen LogP contribution in [0, 0.1) is 0 Å². The predicted molar refractivity (Wildman–Crippen MR) is 131 cm³/mol. The molecule has 5 aromatic rings. The van der Waals surface area contributed by atoms with Crippen LogP contribution < -0.4 is 11.1 Å². The summed E-state index contributed by atoms with van der Waals surface area (Å²) >= 11 is 0. The minimum absolute atomic E-state index is 0.156. The van der Waals surface area contributed by atoms with Gasteiger partial charge in [-0.2, -0.15) is 0 Å². The zero-order valence-electron chi connectivity index (χ0n) is 18.4. The molecule has 2 N–H and O–H groups in total. The molecule has 1 aliphatic rings. The van der Waals surface area contributed by atoms with Gasteiger partial charge in [0.2, 0.25) is 5.56 Å². The zero-order chi connectivity index (χ0) is 23.2. The Labute approximate surface area is 194 Å². The summed E-state index contributed by atoms with van der Waals surface area (Å²) < 4.78 is 6.87. The fourth-order valence-electron chi connectivity index (χ4n) is 5.10. The van der Waals surface area contributed by atoms with E-state index in [1.165, 1.54) is 4.57 Å². The van der Waals surface area contributed by atoms with E-state index < -0.39 is 6.10 Å². The molecule has 1 fully saturated rings. The minimum atomic E-state index is -0.756. The lowest BCUT2D eigenvalue weighted by Crippen LogP contribution is -2.39. The largest absolute Gasteiger partial charge is 0.389 e. The number of para-hydroxylation sites is 1. The topological polar surface area (TPSA) is 97.2 Å². The first-order valence-corrected chi connectivity index (χ1v) is 11.4. The number of aromatic amines is 1. The predicted octanol–water partition coefficient (Wildman–Crippen LogP) is 3.30. The Bertz CT molecular complexity index is 1670. The number of rotatable bonds is 3. The summed E-state index contributed by atoms with van der Waals surface area (Å²) in [5.41, 5.74) is 2.93. The molecule has 7 heteroatoms. The standard InChI is InChI=1S/C27H23N3O4/c31-24-14-34-10-9-23(24)30-15-28-26-20-7-2-1-5-18(20)16(12-21(26)27(30)33)11-17-13-25(32)29-22-8-4-3-6-19(17)22/h1-8,12-13,15,23-24,31H,9-11,14H2,(H,29,32). The number of pyridine rings is 1. The normalized spacial score (nSPS) is 18.6. The van der Waals surface area contributed by atoms with Crippen molar-refractivity contribution in [2.45, 2.75) is 25.0 Å². The van der Waals surface area contributed by atoms with E-state index in [0.717, 1.165) is 32.8 Å². The van der Waals surface area contributed by atoms with Crippen molar-refractivity contribution in [3.05, 3.63) is 98.8 Å². The van der Waals surface area contributed by atoms with E-state index in [0.29, 0.717) is 30.4 Å². The van der Waals surface area contributed by atoms with Gasteiger partial charge in [0.05, 0.1) is 36.0 Å². The van der Waals surface area contributed by atoms with Crippen molar-refractivity contribution in [2.24, 2.45) is 0 Å². The molecule has 1 saturated heterocycles. The van der Waals surface area contributed by atoms with Gasteiger partial charge in [-0.3, -0.25) is 14.2 Å². The summed E-state index contributed by atoms with van der Waals surface area (Å²) in [6, 6.07) is 18.8. The molecular formula is C27H23N3O4. The van der Waals surface area contributed by atoms with Crippen LogP contribution >= 0.6 is 0 Å². The molecule has 2 atom stereocenters. The van der Waals surface area contributed by atoms with E-state index in [2.05, 4.69) is 9.97 Å². The first-order valence-electron chi connectivity index (χ1n) is 11.4. The Morgan fingerprint density at radius 1 is 0.971 bits per heavy atom. The van der Waals surface area contributed by atoms with Gasteiger partial charge < -0.3 is 14.8 Å². The smallest absolute Gasteiger partial charge is 0.261 e. The molecule has 0 bridgehead atoms. The second-order valence-corrected chi connectivity index (χ2v) is 8.81. The quantitative estimate of drug-likeness (QED) is 0.409. The third-order valence-corrected chi connectivity index (χ3v) is 6.74. The summed E-state index contributed by atoms with van der Waals surface area (Å²) in [5.74, 6) is 0. The maximum atomic E-state index is 13.6. The van der Waals surface area contributed by atoms with Crippen molar-refractivity contribution in [1.29, 1.82) is 0 Å². The fourth-order valence-corrected chi connectivity index (χ4v) is 5.10. The van der Waals surface area contributed by atoms with Gasteiger partial charge >= 0.3 is 0 Å². The van der Waals surface area contributed by atoms with Crippen molar-refractivity contribution in [2.75, 3.05) is 13.2 Å². The van der Waals surface area contributed by atoms with Crippen molar-refractivity contribution in [3.8, 4) is 0 Å². The average Bonchev–Trinajstić information content (AvgIpc) is 2.85. The lowest BCUT2D eigenvalue weighted by molar-refractivity contribution is -0.0395. The molecule has 0 radical (unpaired) electrons. The summed E-state index contributed by atoms with van der Waals surface area (Å²) in [4.78, 5) is 33.5. The van der Waals surface area contributed by atoms with Crippen molar-refractivity contribution < 1.29 is 9.84 Å². The zero-order valence-corrected chi connectivity index (χ0v) is 18.4. The van der Waals surface area contributed by atoms with Crippen LogP contribution in [0.3, 0.4) is 0 Å². The Morgan fingerprint density at radius 2 is 1.71 bits per heavy atom. The maximum Gasteiger partial charge on any atom is 0.261 e. The van der Waals surface area contributed by atoms with Crippen LogP contribution in [-0.4, -0.2) is 39.0 Å². The van der Waals surface area contributed by atoms with Crippen LogP contribution in [0.15, 0.2) is 76.6 Å². The number of hydrogen-bond acceptors (Lipinski definition) is 5. The van der Waals surface area contributed by atoms with Gasteiger partial charge in [0.1, 0.15) is 0 Å². The SMILES string of the molecule is O=c1cc(Cc2cc3c(=O)n(C4CCOCC4O)cnc3c3ccccc23)c2ccccc2[nH]1. The van der Waals surface area contributed by atoms with E-state index in [4.69, 9.17) is 4.74 Å². The Hall–Kier alpha value is -3.81. The summed E-state index contributed by atoms with van der Waals surface area (Å²) in [6.07, 6.45) is 1.83. The van der Waals surface area contributed by atoms with Gasteiger partial charge in [0.25, 0.3) is 5.56 Å². The number of hydrogen-bond donors (Lipinski definition) is 2. The summed E-state index contributed by atoms with van der Waals surface area (Å²) in [5, 5.41) is 13.8. The number of H-pyrrole nitrogens is 1. The van der Waals surface area contributed by atoms with Crippen LogP contribution in [0.4, 0.5) is 0 Å². The van der Waals surface area contributed by atoms with Crippen LogP contribution in [0.25, 0.3) is 32.6 Å². The number of ether oxygens (including phenoxy) is 1. The van der Waals surface area contributed by atoms with Crippen molar-refractivity contribution in [1.82, 2.24) is 14.5 Å². The van der Waals surface area contributed by atoms with Gasteiger partial charge in [0, 0.05) is 29.0 Å². The first-order chi connectivity index (χ1) is 16.6. The Kier molecular flexibility index (Phi) is 5.01. The highest BCUT2D eigenvalue weighted by Gasteiger charge is 2.27. The molecule has 3 aromatic carbocycles. The molecule has 0 aliphatic carbocycles. The second kappa shape index (κ2) is 8.20. The van der Waals surface area contributed by atoms with Crippen molar-refractivity contribution in [3.63, 3.8) is 0 Å². The molecule has 7 nitrogen and oxygen atoms in total. The van der Waals surface area contributed by atoms with E-state index in [1.807, 2.05) is 54.6 Å². The molecule has 3 heterocycles. The molecule has 2 unspecified atom stereocenters.